The van der Waals surface area contributed by atoms with E-state index in [0.717, 1.165) is 62.0 Å². The number of nitrogens with zero attached hydrogens (tertiary/aromatic N) is 2. The number of benzene rings is 1. The first-order valence-electron chi connectivity index (χ1n) is 9.91. The molecule has 1 N–H and O–H groups in total. The molecule has 150 valence electrons. The predicted octanol–water partition coefficient (Wildman–Crippen LogP) is 4.25. The zero-order chi connectivity index (χ0) is 19.6. The molecule has 1 aromatic rings. The summed E-state index contributed by atoms with van der Waals surface area (Å²) in [5.41, 5.74) is 1.76. The highest BCUT2D eigenvalue weighted by Gasteiger charge is 2.42. The predicted molar refractivity (Wildman–Crippen MR) is 111 cm³/mol. The minimum atomic E-state index is -0.421. The molecule has 3 rings (SSSR count). The summed E-state index contributed by atoms with van der Waals surface area (Å²) >= 11 is 6.17. The lowest BCUT2D eigenvalue weighted by Gasteiger charge is -2.26. The second kappa shape index (κ2) is 8.27. The first-order valence-corrected chi connectivity index (χ1v) is 10.3. The fraction of sp³-hybridized carbons (Fsp3) is 0.667. The van der Waals surface area contributed by atoms with Crippen molar-refractivity contribution in [2.75, 3.05) is 44.6 Å². The topological polar surface area (TPSA) is 44.8 Å². The highest BCUT2D eigenvalue weighted by molar-refractivity contribution is 6.31. The van der Waals surface area contributed by atoms with Gasteiger partial charge in [0, 0.05) is 43.4 Å². The fourth-order valence-corrected chi connectivity index (χ4v) is 4.17. The van der Waals surface area contributed by atoms with Gasteiger partial charge in [-0.15, -0.1) is 0 Å². The Kier molecular flexibility index (Phi) is 6.21. The van der Waals surface area contributed by atoms with Crippen molar-refractivity contribution in [3.63, 3.8) is 0 Å². The van der Waals surface area contributed by atoms with Crippen molar-refractivity contribution < 1.29 is 9.53 Å². The summed E-state index contributed by atoms with van der Waals surface area (Å²) in [6.07, 6.45) is 0.935. The summed E-state index contributed by atoms with van der Waals surface area (Å²) in [5, 5.41) is 4.26. The third kappa shape index (κ3) is 5.52. The van der Waals surface area contributed by atoms with Crippen molar-refractivity contribution in [1.82, 2.24) is 9.80 Å². The number of amides is 1. The molecule has 0 radical (unpaired) electrons. The maximum Gasteiger partial charge on any atom is 0.410 e. The molecule has 1 aromatic carbocycles. The van der Waals surface area contributed by atoms with Crippen molar-refractivity contribution in [2.45, 2.75) is 39.7 Å². The van der Waals surface area contributed by atoms with E-state index in [9.17, 15) is 4.79 Å². The maximum atomic E-state index is 12.2. The Morgan fingerprint density at radius 1 is 1.22 bits per heavy atom. The smallest absolute Gasteiger partial charge is 0.410 e. The van der Waals surface area contributed by atoms with Crippen LogP contribution in [0.5, 0.6) is 0 Å². The summed E-state index contributed by atoms with van der Waals surface area (Å²) < 4.78 is 5.51. The standard InChI is InChI=1S/C21H32ClN3O2/c1-15-6-7-18(10-19(15)22)23-8-5-9-24-11-16-13-25(14-17(16)12-24)20(26)27-21(2,3)4/h6-7,10,16-17,23H,5,8-9,11-14H2,1-4H3. The molecular formula is C21H32ClN3O2. The SMILES string of the molecule is Cc1ccc(NCCCN2CC3CN(C(=O)OC(C)(C)C)CC3C2)cc1Cl. The molecular weight excluding hydrogens is 362 g/mol. The molecule has 0 aromatic heterocycles. The second-order valence-corrected chi connectivity index (χ2v) is 9.32. The first kappa shape index (κ1) is 20.3. The Morgan fingerprint density at radius 3 is 2.48 bits per heavy atom. The second-order valence-electron chi connectivity index (χ2n) is 8.91. The number of carbonyl (C=O) groups excluding carboxylic acids is 1. The average molecular weight is 394 g/mol. The molecule has 0 aliphatic carbocycles. The van der Waals surface area contributed by atoms with Crippen LogP contribution < -0.4 is 5.32 Å². The normalized spacial score (nSPS) is 22.8. The van der Waals surface area contributed by atoms with Crippen LogP contribution in [-0.2, 0) is 4.74 Å². The molecule has 0 spiro atoms. The number of hydrogen-bond acceptors (Lipinski definition) is 4. The quantitative estimate of drug-likeness (QED) is 0.759. The Labute approximate surface area is 168 Å². The van der Waals surface area contributed by atoms with Gasteiger partial charge in [0.2, 0.25) is 0 Å². The van der Waals surface area contributed by atoms with Gasteiger partial charge in [0.15, 0.2) is 0 Å². The van der Waals surface area contributed by atoms with Gasteiger partial charge in [-0.2, -0.15) is 0 Å². The summed E-state index contributed by atoms with van der Waals surface area (Å²) in [6, 6.07) is 6.11. The van der Waals surface area contributed by atoms with E-state index in [4.69, 9.17) is 16.3 Å². The molecule has 5 nitrogen and oxygen atoms in total. The number of rotatable bonds is 5. The molecule has 2 heterocycles. The van der Waals surface area contributed by atoms with Crippen LogP contribution in [0.4, 0.5) is 10.5 Å². The third-order valence-electron chi connectivity index (χ3n) is 5.37. The van der Waals surface area contributed by atoms with E-state index in [1.165, 1.54) is 0 Å². The van der Waals surface area contributed by atoms with Gasteiger partial charge in [-0.3, -0.25) is 0 Å². The number of nitrogens with one attached hydrogen (secondary N) is 1. The largest absolute Gasteiger partial charge is 0.444 e. The van der Waals surface area contributed by atoms with Crippen LogP contribution >= 0.6 is 11.6 Å². The molecule has 2 saturated heterocycles. The van der Waals surface area contributed by atoms with Crippen LogP contribution in [0.15, 0.2) is 18.2 Å². The first-order chi connectivity index (χ1) is 12.7. The fourth-order valence-electron chi connectivity index (χ4n) is 3.99. The molecule has 1 amide bonds. The zero-order valence-electron chi connectivity index (χ0n) is 16.9. The zero-order valence-corrected chi connectivity index (χ0v) is 17.7. The van der Waals surface area contributed by atoms with E-state index >= 15 is 0 Å². The minimum Gasteiger partial charge on any atom is -0.444 e. The van der Waals surface area contributed by atoms with E-state index < -0.39 is 5.60 Å². The van der Waals surface area contributed by atoms with Crippen LogP contribution in [-0.4, -0.2) is 60.8 Å². The van der Waals surface area contributed by atoms with E-state index in [-0.39, 0.29) is 6.09 Å². The molecule has 2 aliphatic heterocycles. The van der Waals surface area contributed by atoms with Crippen molar-refractivity contribution in [2.24, 2.45) is 11.8 Å². The van der Waals surface area contributed by atoms with E-state index in [1.807, 2.05) is 44.7 Å². The molecule has 2 fully saturated rings. The van der Waals surface area contributed by atoms with Gasteiger partial charge in [-0.05, 0) is 70.2 Å². The summed E-state index contributed by atoms with van der Waals surface area (Å²) in [6.45, 7) is 13.6. The lowest BCUT2D eigenvalue weighted by atomic mass is 10.0. The summed E-state index contributed by atoms with van der Waals surface area (Å²) in [4.78, 5) is 16.7. The van der Waals surface area contributed by atoms with Gasteiger partial charge >= 0.3 is 6.09 Å². The lowest BCUT2D eigenvalue weighted by Crippen LogP contribution is -2.37. The van der Waals surface area contributed by atoms with Crippen molar-refractivity contribution in [1.29, 1.82) is 0 Å². The van der Waals surface area contributed by atoms with Crippen molar-refractivity contribution in [3.8, 4) is 0 Å². The number of fused-ring (bicyclic) bond motifs is 1. The monoisotopic (exact) mass is 393 g/mol. The number of anilines is 1. The molecule has 2 atom stereocenters. The van der Waals surface area contributed by atoms with Gasteiger partial charge in [0.05, 0.1) is 0 Å². The van der Waals surface area contributed by atoms with Gasteiger partial charge < -0.3 is 19.9 Å². The van der Waals surface area contributed by atoms with Gasteiger partial charge in [-0.25, -0.2) is 4.79 Å². The molecule has 0 bridgehead atoms. The minimum absolute atomic E-state index is 0.163. The number of ether oxygens (including phenoxy) is 1. The van der Waals surface area contributed by atoms with E-state index in [0.29, 0.717) is 11.8 Å². The molecule has 2 aliphatic rings. The van der Waals surface area contributed by atoms with E-state index in [2.05, 4.69) is 16.3 Å². The summed E-state index contributed by atoms with van der Waals surface area (Å²) in [7, 11) is 0. The third-order valence-corrected chi connectivity index (χ3v) is 5.77. The van der Waals surface area contributed by atoms with Crippen LogP contribution in [0.1, 0.15) is 32.8 Å². The maximum absolute atomic E-state index is 12.2. The average Bonchev–Trinajstić information content (AvgIpc) is 3.12. The Hall–Kier alpha value is -1.46. The summed E-state index contributed by atoms with van der Waals surface area (Å²) in [5.74, 6) is 1.17. The van der Waals surface area contributed by atoms with Gasteiger partial charge in [-0.1, -0.05) is 17.7 Å². The number of carbonyl (C=O) groups is 1. The van der Waals surface area contributed by atoms with E-state index in [1.54, 1.807) is 0 Å². The number of halogens is 1. The highest BCUT2D eigenvalue weighted by Crippen LogP contribution is 2.32. The van der Waals surface area contributed by atoms with Crippen LogP contribution in [0.3, 0.4) is 0 Å². The molecule has 0 saturated carbocycles. The Bertz CT molecular complexity index is 660. The number of aryl methyl sites for hydroxylation is 1. The number of hydrogen-bond donors (Lipinski definition) is 1. The van der Waals surface area contributed by atoms with Gasteiger partial charge in [0.25, 0.3) is 0 Å². The molecule has 27 heavy (non-hydrogen) atoms. The Morgan fingerprint density at radius 2 is 1.89 bits per heavy atom. The number of likely N-dealkylation sites (tertiary alicyclic amines) is 2. The highest BCUT2D eigenvalue weighted by atomic mass is 35.5. The lowest BCUT2D eigenvalue weighted by molar-refractivity contribution is 0.0274. The van der Waals surface area contributed by atoms with Crippen LogP contribution in [0.2, 0.25) is 5.02 Å². The molecule has 2 unspecified atom stereocenters. The van der Waals surface area contributed by atoms with Crippen molar-refractivity contribution >= 4 is 23.4 Å². The molecule has 6 heteroatoms. The van der Waals surface area contributed by atoms with Gasteiger partial charge in [0.1, 0.15) is 5.60 Å². The van der Waals surface area contributed by atoms with Crippen molar-refractivity contribution in [3.05, 3.63) is 28.8 Å². The van der Waals surface area contributed by atoms with Crippen LogP contribution in [0.25, 0.3) is 0 Å². The Balaban J connectivity index is 1.36. The van der Waals surface area contributed by atoms with Crippen LogP contribution in [0, 0.1) is 18.8 Å².